The first-order valence-electron chi connectivity index (χ1n) is 10.6. The summed E-state index contributed by atoms with van der Waals surface area (Å²) in [6.07, 6.45) is -0.700. The van der Waals surface area contributed by atoms with E-state index in [2.05, 4.69) is 0 Å². The van der Waals surface area contributed by atoms with Crippen LogP contribution >= 0.6 is 0 Å². The van der Waals surface area contributed by atoms with Gasteiger partial charge in [-0.05, 0) is 27.8 Å². The van der Waals surface area contributed by atoms with E-state index in [4.69, 9.17) is 4.74 Å². The van der Waals surface area contributed by atoms with E-state index in [-0.39, 0.29) is 19.1 Å². The highest BCUT2D eigenvalue weighted by Crippen LogP contribution is 2.45. The molecule has 2 unspecified atom stereocenters. The Bertz CT molecular complexity index is 1140. The van der Waals surface area contributed by atoms with Gasteiger partial charge in [0, 0.05) is 18.4 Å². The van der Waals surface area contributed by atoms with Crippen molar-refractivity contribution in [3.05, 3.63) is 95.6 Å². The molecule has 1 heterocycles. The van der Waals surface area contributed by atoms with Gasteiger partial charge in [0.2, 0.25) is 5.67 Å². The minimum Gasteiger partial charge on any atom is -0.479 e. The largest absolute Gasteiger partial charge is 0.479 e. The quantitative estimate of drug-likeness (QED) is 0.643. The number of hydrogen-bond donors (Lipinski definition) is 1. The number of benzene rings is 3. The molecule has 162 valence electrons. The molecule has 6 heteroatoms. The number of carboxylic acid groups (broad SMARTS) is 1. The molecule has 5 nitrogen and oxygen atoms in total. The lowest BCUT2D eigenvalue weighted by Crippen LogP contribution is -2.41. The predicted octanol–water partition coefficient (Wildman–Crippen LogP) is 4.83. The van der Waals surface area contributed by atoms with Crippen LogP contribution in [-0.4, -0.2) is 47.4 Å². The van der Waals surface area contributed by atoms with Crippen molar-refractivity contribution in [1.29, 1.82) is 0 Å². The number of likely N-dealkylation sites (tertiary alicyclic amines) is 1. The molecule has 1 amide bonds. The summed E-state index contributed by atoms with van der Waals surface area (Å²) in [6, 6.07) is 24.6. The Labute approximate surface area is 185 Å². The first kappa shape index (κ1) is 20.2. The Morgan fingerprint density at radius 2 is 1.50 bits per heavy atom. The molecule has 32 heavy (non-hydrogen) atoms. The van der Waals surface area contributed by atoms with E-state index in [9.17, 15) is 14.7 Å². The third-order valence-electron chi connectivity index (χ3n) is 6.53. The van der Waals surface area contributed by atoms with E-state index < -0.39 is 30.2 Å². The van der Waals surface area contributed by atoms with Crippen LogP contribution in [0.5, 0.6) is 0 Å². The van der Waals surface area contributed by atoms with Gasteiger partial charge in [0.05, 0.1) is 6.54 Å². The van der Waals surface area contributed by atoms with Crippen LogP contribution in [-0.2, 0) is 9.53 Å². The average molecular weight is 431 g/mol. The lowest BCUT2D eigenvalue weighted by molar-refractivity contribution is -0.150. The summed E-state index contributed by atoms with van der Waals surface area (Å²) in [5.74, 6) is -2.64. The van der Waals surface area contributed by atoms with Gasteiger partial charge in [0.25, 0.3) is 0 Å². The highest BCUT2D eigenvalue weighted by atomic mass is 19.1. The lowest BCUT2D eigenvalue weighted by Gasteiger charge is -2.21. The average Bonchev–Trinajstić information content (AvgIpc) is 3.34. The number of aliphatic carboxylic acids is 1. The highest BCUT2D eigenvalue weighted by molar-refractivity contribution is 5.82. The van der Waals surface area contributed by atoms with Gasteiger partial charge in [-0.25, -0.2) is 14.0 Å². The van der Waals surface area contributed by atoms with Crippen LogP contribution in [0.25, 0.3) is 11.1 Å². The van der Waals surface area contributed by atoms with Gasteiger partial charge < -0.3 is 14.7 Å². The summed E-state index contributed by atoms with van der Waals surface area (Å²) in [4.78, 5) is 25.8. The minimum absolute atomic E-state index is 0.0521. The number of carbonyl (C=O) groups excluding carboxylic acids is 1. The zero-order valence-electron chi connectivity index (χ0n) is 17.3. The maximum atomic E-state index is 15.5. The number of amides is 1. The number of fused-ring (bicyclic) bond motifs is 3. The molecule has 1 aliphatic carbocycles. The van der Waals surface area contributed by atoms with Crippen molar-refractivity contribution in [3.8, 4) is 11.1 Å². The third kappa shape index (κ3) is 3.23. The standard InChI is InChI=1S/C26H22FNO4/c27-26(24(29)30)16-28(14-23(26)17-8-2-1-3-9-17)25(31)32-15-22-20-12-6-4-10-18(20)19-11-5-7-13-21(19)22/h1-13,22-23H,14-16H2,(H,29,30). The summed E-state index contributed by atoms with van der Waals surface area (Å²) in [5, 5.41) is 9.57. The number of hydrogen-bond acceptors (Lipinski definition) is 3. The number of ether oxygens (including phenoxy) is 1. The second kappa shape index (κ2) is 7.79. The molecule has 1 N–H and O–H groups in total. The molecule has 0 saturated carbocycles. The number of rotatable bonds is 4. The van der Waals surface area contributed by atoms with Gasteiger partial charge in [-0.15, -0.1) is 0 Å². The fourth-order valence-electron chi connectivity index (χ4n) is 4.91. The molecule has 1 fully saturated rings. The predicted molar refractivity (Wildman–Crippen MR) is 117 cm³/mol. The van der Waals surface area contributed by atoms with Gasteiger partial charge in [-0.1, -0.05) is 78.9 Å². The molecule has 0 spiro atoms. The zero-order valence-corrected chi connectivity index (χ0v) is 17.3. The topological polar surface area (TPSA) is 66.8 Å². The number of carbonyl (C=O) groups is 2. The van der Waals surface area contributed by atoms with Crippen LogP contribution in [0.2, 0.25) is 0 Å². The number of halogens is 1. The molecule has 0 aromatic heterocycles. The van der Waals surface area contributed by atoms with Crippen molar-refractivity contribution >= 4 is 12.1 Å². The van der Waals surface area contributed by atoms with Crippen molar-refractivity contribution in [3.63, 3.8) is 0 Å². The molecule has 3 aromatic carbocycles. The minimum atomic E-state index is -2.56. The van der Waals surface area contributed by atoms with Gasteiger partial charge in [-0.2, -0.15) is 0 Å². The third-order valence-corrected chi connectivity index (χ3v) is 6.53. The van der Waals surface area contributed by atoms with E-state index in [1.807, 2.05) is 48.5 Å². The van der Waals surface area contributed by atoms with E-state index >= 15 is 4.39 Å². The Kier molecular flexibility index (Phi) is 4.93. The van der Waals surface area contributed by atoms with Crippen LogP contribution in [0.4, 0.5) is 9.18 Å². The van der Waals surface area contributed by atoms with Crippen molar-refractivity contribution in [2.24, 2.45) is 0 Å². The fraction of sp³-hybridized carbons (Fsp3) is 0.231. The Hall–Kier alpha value is -3.67. The monoisotopic (exact) mass is 431 g/mol. The van der Waals surface area contributed by atoms with Gasteiger partial charge in [0.1, 0.15) is 6.61 Å². The van der Waals surface area contributed by atoms with Crippen molar-refractivity contribution < 1.29 is 23.8 Å². The molecular weight excluding hydrogens is 409 g/mol. The summed E-state index contributed by atoms with van der Waals surface area (Å²) in [6.45, 7) is -0.492. The fourth-order valence-corrected chi connectivity index (χ4v) is 4.91. The van der Waals surface area contributed by atoms with Crippen molar-refractivity contribution in [2.45, 2.75) is 17.5 Å². The van der Waals surface area contributed by atoms with Gasteiger partial charge in [-0.3, -0.25) is 0 Å². The first-order valence-corrected chi connectivity index (χ1v) is 10.6. The lowest BCUT2D eigenvalue weighted by atomic mass is 9.86. The molecule has 1 saturated heterocycles. The first-order chi connectivity index (χ1) is 15.5. The summed E-state index contributed by atoms with van der Waals surface area (Å²) in [7, 11) is 0. The smallest absolute Gasteiger partial charge is 0.409 e. The van der Waals surface area contributed by atoms with E-state index in [0.29, 0.717) is 5.56 Å². The molecule has 0 radical (unpaired) electrons. The molecule has 0 bridgehead atoms. The molecular formula is C26H22FNO4. The summed E-state index contributed by atoms with van der Waals surface area (Å²) >= 11 is 0. The normalized spacial score (nSPS) is 21.8. The molecule has 5 rings (SSSR count). The van der Waals surface area contributed by atoms with E-state index in [0.717, 1.165) is 22.3 Å². The van der Waals surface area contributed by atoms with Crippen molar-refractivity contribution in [2.75, 3.05) is 19.7 Å². The van der Waals surface area contributed by atoms with Crippen LogP contribution in [0.3, 0.4) is 0 Å². The Morgan fingerprint density at radius 1 is 0.938 bits per heavy atom. The molecule has 2 atom stereocenters. The van der Waals surface area contributed by atoms with E-state index in [1.165, 1.54) is 4.90 Å². The highest BCUT2D eigenvalue weighted by Gasteiger charge is 2.55. The van der Waals surface area contributed by atoms with Crippen molar-refractivity contribution in [1.82, 2.24) is 4.90 Å². The van der Waals surface area contributed by atoms with Crippen LogP contribution in [0.15, 0.2) is 78.9 Å². The van der Waals surface area contributed by atoms with Gasteiger partial charge >= 0.3 is 12.1 Å². The van der Waals surface area contributed by atoms with Crippen LogP contribution in [0.1, 0.15) is 28.5 Å². The Balaban J connectivity index is 1.35. The van der Waals surface area contributed by atoms with E-state index in [1.54, 1.807) is 30.3 Å². The molecule has 3 aromatic rings. The maximum absolute atomic E-state index is 15.5. The summed E-state index contributed by atoms with van der Waals surface area (Å²) in [5.41, 5.74) is 2.37. The van der Waals surface area contributed by atoms with Crippen LogP contribution < -0.4 is 0 Å². The number of carboxylic acids is 1. The van der Waals surface area contributed by atoms with Gasteiger partial charge in [0.15, 0.2) is 0 Å². The maximum Gasteiger partial charge on any atom is 0.409 e. The zero-order chi connectivity index (χ0) is 22.3. The second-order valence-electron chi connectivity index (χ2n) is 8.32. The summed E-state index contributed by atoms with van der Waals surface area (Å²) < 4.78 is 21.1. The second-order valence-corrected chi connectivity index (χ2v) is 8.32. The Morgan fingerprint density at radius 3 is 2.09 bits per heavy atom. The number of nitrogens with zero attached hydrogens (tertiary/aromatic N) is 1. The number of alkyl halides is 1. The molecule has 1 aliphatic heterocycles. The van der Waals surface area contributed by atoms with Crippen LogP contribution in [0, 0.1) is 0 Å². The molecule has 2 aliphatic rings. The SMILES string of the molecule is O=C(OCC1c2ccccc2-c2ccccc21)N1CC(c2ccccc2)C(F)(C(=O)O)C1.